The van der Waals surface area contributed by atoms with E-state index in [0.29, 0.717) is 31.2 Å². The van der Waals surface area contributed by atoms with Gasteiger partial charge >= 0.3 is 5.92 Å². The Kier molecular flexibility index (Phi) is 4.29. The summed E-state index contributed by atoms with van der Waals surface area (Å²) in [5.41, 5.74) is -0.413. The Morgan fingerprint density at radius 1 is 1.27 bits per heavy atom. The first-order valence-corrected chi connectivity index (χ1v) is 10.5. The fraction of sp³-hybridized carbons (Fsp3) is 0.571. The Hall–Kier alpha value is -2.06. The average Bonchev–Trinajstić information content (AvgIpc) is 3.08. The summed E-state index contributed by atoms with van der Waals surface area (Å²) in [6.45, 7) is 6.63. The van der Waals surface area contributed by atoms with Crippen LogP contribution in [-0.2, 0) is 10.7 Å². The Balaban J connectivity index is 1.32. The molecule has 9 heteroatoms. The SMILES string of the molecule is CC1(C)C[C@@H]1C(=O)N1CC2(CNCC2c2nnc(C(F)(F)c3ccc(Cl)cc3)o2)C1. The van der Waals surface area contributed by atoms with E-state index in [0.717, 1.165) is 6.42 Å². The van der Waals surface area contributed by atoms with E-state index in [9.17, 15) is 13.6 Å². The highest BCUT2D eigenvalue weighted by Crippen LogP contribution is 2.55. The smallest absolute Gasteiger partial charge is 0.349 e. The van der Waals surface area contributed by atoms with Crippen LogP contribution in [0.3, 0.4) is 0 Å². The molecule has 3 heterocycles. The summed E-state index contributed by atoms with van der Waals surface area (Å²) in [5.74, 6) is -3.85. The van der Waals surface area contributed by atoms with Gasteiger partial charge in [0.1, 0.15) is 0 Å². The molecule has 1 spiro atoms. The van der Waals surface area contributed by atoms with Crippen LogP contribution < -0.4 is 5.32 Å². The van der Waals surface area contributed by atoms with Gasteiger partial charge < -0.3 is 14.6 Å². The highest BCUT2D eigenvalue weighted by Gasteiger charge is 2.60. The van der Waals surface area contributed by atoms with E-state index in [2.05, 4.69) is 29.4 Å². The molecule has 30 heavy (non-hydrogen) atoms. The number of nitrogens with one attached hydrogen (secondary N) is 1. The minimum Gasteiger partial charge on any atom is -0.419 e. The molecule has 1 unspecified atom stereocenters. The van der Waals surface area contributed by atoms with Crippen molar-refractivity contribution in [2.24, 2.45) is 16.7 Å². The number of likely N-dealkylation sites (tertiary alicyclic amines) is 1. The van der Waals surface area contributed by atoms with E-state index in [-0.39, 0.29) is 40.0 Å². The second-order valence-electron chi connectivity index (χ2n) is 9.51. The molecular formula is C21H23ClF2N4O2. The number of rotatable bonds is 4. The molecule has 2 aliphatic heterocycles. The highest BCUT2D eigenvalue weighted by atomic mass is 35.5. The maximum Gasteiger partial charge on any atom is 0.349 e. The van der Waals surface area contributed by atoms with Crippen LogP contribution in [0.4, 0.5) is 8.78 Å². The average molecular weight is 437 g/mol. The van der Waals surface area contributed by atoms with Crippen LogP contribution in [0.1, 0.15) is 43.5 Å². The van der Waals surface area contributed by atoms with Crippen LogP contribution in [0.15, 0.2) is 28.7 Å². The lowest BCUT2D eigenvalue weighted by Gasteiger charge is -2.50. The number of nitrogens with zero attached hydrogens (tertiary/aromatic N) is 3. The molecule has 5 rings (SSSR count). The van der Waals surface area contributed by atoms with Crippen molar-refractivity contribution in [1.82, 2.24) is 20.4 Å². The van der Waals surface area contributed by atoms with Crippen LogP contribution in [0.2, 0.25) is 5.02 Å². The van der Waals surface area contributed by atoms with Crippen molar-refractivity contribution in [3.8, 4) is 0 Å². The molecule has 1 N–H and O–H groups in total. The molecule has 0 radical (unpaired) electrons. The molecule has 160 valence electrons. The molecule has 1 aliphatic carbocycles. The second kappa shape index (κ2) is 6.47. The maximum atomic E-state index is 14.8. The maximum absolute atomic E-state index is 14.8. The van der Waals surface area contributed by atoms with Crippen LogP contribution in [0, 0.1) is 16.7 Å². The van der Waals surface area contributed by atoms with Crippen molar-refractivity contribution in [1.29, 1.82) is 0 Å². The minimum absolute atomic E-state index is 0.0851. The first-order valence-electron chi connectivity index (χ1n) is 10.1. The van der Waals surface area contributed by atoms with Gasteiger partial charge in [-0.3, -0.25) is 4.79 Å². The number of carbonyl (C=O) groups excluding carboxylic acids is 1. The summed E-state index contributed by atoms with van der Waals surface area (Å²) in [4.78, 5) is 14.5. The summed E-state index contributed by atoms with van der Waals surface area (Å²) < 4.78 is 35.2. The highest BCUT2D eigenvalue weighted by molar-refractivity contribution is 6.30. The van der Waals surface area contributed by atoms with E-state index in [1.807, 2.05) is 4.90 Å². The normalized spacial score (nSPS) is 26.6. The zero-order valence-electron chi connectivity index (χ0n) is 16.8. The third kappa shape index (κ3) is 3.03. The molecule has 1 amide bonds. The van der Waals surface area contributed by atoms with Crippen molar-refractivity contribution in [3.63, 3.8) is 0 Å². The molecule has 1 aromatic carbocycles. The lowest BCUT2D eigenvalue weighted by atomic mass is 9.71. The van der Waals surface area contributed by atoms with Crippen LogP contribution in [-0.4, -0.2) is 47.2 Å². The Bertz CT molecular complexity index is 985. The number of benzene rings is 1. The van der Waals surface area contributed by atoms with Crippen molar-refractivity contribution in [2.75, 3.05) is 26.2 Å². The van der Waals surface area contributed by atoms with E-state index in [1.54, 1.807) is 0 Å². The predicted octanol–water partition coefficient (Wildman–Crippen LogP) is 3.42. The monoisotopic (exact) mass is 436 g/mol. The third-order valence-corrected chi connectivity index (χ3v) is 7.17. The van der Waals surface area contributed by atoms with E-state index in [4.69, 9.17) is 16.0 Å². The topological polar surface area (TPSA) is 71.3 Å². The van der Waals surface area contributed by atoms with Gasteiger partial charge in [-0.2, -0.15) is 8.78 Å². The van der Waals surface area contributed by atoms with Gasteiger partial charge in [0.2, 0.25) is 11.8 Å². The zero-order valence-corrected chi connectivity index (χ0v) is 17.5. The first-order chi connectivity index (χ1) is 14.1. The lowest BCUT2D eigenvalue weighted by molar-refractivity contribution is -0.145. The van der Waals surface area contributed by atoms with Crippen LogP contribution >= 0.6 is 11.6 Å². The third-order valence-electron chi connectivity index (χ3n) is 6.91. The van der Waals surface area contributed by atoms with Crippen molar-refractivity contribution < 1.29 is 18.0 Å². The number of amides is 1. The molecule has 1 aromatic heterocycles. The number of hydrogen-bond donors (Lipinski definition) is 1. The number of alkyl halides is 2. The van der Waals surface area contributed by atoms with E-state index < -0.39 is 11.8 Å². The molecule has 3 fully saturated rings. The number of aromatic nitrogens is 2. The Morgan fingerprint density at radius 3 is 2.57 bits per heavy atom. The van der Waals surface area contributed by atoms with Gasteiger partial charge in [0.05, 0.1) is 5.92 Å². The molecule has 1 saturated carbocycles. The molecule has 6 nitrogen and oxygen atoms in total. The quantitative estimate of drug-likeness (QED) is 0.795. The minimum atomic E-state index is -3.41. The molecule has 3 aliphatic rings. The molecule has 0 bridgehead atoms. The summed E-state index contributed by atoms with van der Waals surface area (Å²) >= 11 is 5.79. The summed E-state index contributed by atoms with van der Waals surface area (Å²) in [6, 6.07) is 5.30. The van der Waals surface area contributed by atoms with Gasteiger partial charge in [-0.25, -0.2) is 0 Å². The molecule has 2 aromatic rings. The summed E-state index contributed by atoms with van der Waals surface area (Å²) in [6.07, 6.45) is 0.920. The van der Waals surface area contributed by atoms with Gasteiger partial charge in [-0.05, 0) is 24.0 Å². The van der Waals surface area contributed by atoms with Crippen molar-refractivity contribution >= 4 is 17.5 Å². The first kappa shape index (κ1) is 19.9. The predicted molar refractivity (Wildman–Crippen MR) is 105 cm³/mol. The number of hydrogen-bond acceptors (Lipinski definition) is 5. The summed E-state index contributed by atoms with van der Waals surface area (Å²) in [5, 5.41) is 11.3. The van der Waals surface area contributed by atoms with Gasteiger partial charge in [-0.15, -0.1) is 10.2 Å². The fourth-order valence-electron chi connectivity index (χ4n) is 4.75. The summed E-state index contributed by atoms with van der Waals surface area (Å²) in [7, 11) is 0. The fourth-order valence-corrected chi connectivity index (χ4v) is 4.88. The number of carbonyl (C=O) groups is 1. The van der Waals surface area contributed by atoms with Gasteiger partial charge in [0.25, 0.3) is 5.89 Å². The van der Waals surface area contributed by atoms with Crippen LogP contribution in [0.5, 0.6) is 0 Å². The van der Waals surface area contributed by atoms with Gasteiger partial charge in [0.15, 0.2) is 0 Å². The Morgan fingerprint density at radius 2 is 1.93 bits per heavy atom. The molecule has 2 atom stereocenters. The van der Waals surface area contributed by atoms with Crippen molar-refractivity contribution in [2.45, 2.75) is 32.1 Å². The lowest BCUT2D eigenvalue weighted by Crippen LogP contribution is -2.62. The van der Waals surface area contributed by atoms with E-state index >= 15 is 0 Å². The number of halogens is 3. The largest absolute Gasteiger partial charge is 0.419 e. The second-order valence-corrected chi connectivity index (χ2v) is 9.95. The molecular weight excluding hydrogens is 414 g/mol. The molecule has 2 saturated heterocycles. The van der Waals surface area contributed by atoms with Crippen molar-refractivity contribution in [3.05, 3.63) is 46.6 Å². The zero-order chi connectivity index (χ0) is 21.3. The Labute approximate surface area is 178 Å². The van der Waals surface area contributed by atoms with E-state index in [1.165, 1.54) is 24.3 Å². The van der Waals surface area contributed by atoms with Crippen LogP contribution in [0.25, 0.3) is 0 Å². The standard InChI is InChI=1S/C21H23ClF2N4O2/c1-19(2)7-14(19)17(29)28-10-20(11-28)9-25-8-15(20)16-26-27-18(30-16)21(23,24)12-3-5-13(22)6-4-12/h3-6,14-15,25H,7-11H2,1-2H3/t14-,15?/m1/s1. The van der Waals surface area contributed by atoms with Gasteiger partial charge in [0, 0.05) is 48.1 Å². The van der Waals surface area contributed by atoms with Gasteiger partial charge in [-0.1, -0.05) is 37.6 Å².